The van der Waals surface area contributed by atoms with Crippen molar-refractivity contribution in [1.82, 2.24) is 9.55 Å². The molecule has 33 heavy (non-hydrogen) atoms. The fourth-order valence-electron chi connectivity index (χ4n) is 3.24. The third-order valence-electron chi connectivity index (χ3n) is 4.73. The Labute approximate surface area is 192 Å². The van der Waals surface area contributed by atoms with Crippen LogP contribution in [0.3, 0.4) is 0 Å². The number of nitrogens with one attached hydrogen (secondary N) is 2. The first-order chi connectivity index (χ1) is 15.9. The monoisotopic (exact) mass is 464 g/mol. The quantitative estimate of drug-likeness (QED) is 0.306. The highest BCUT2D eigenvalue weighted by molar-refractivity contribution is 6.30. The third kappa shape index (κ3) is 5.02. The molecule has 0 saturated carbocycles. The number of aromatic hydroxyl groups is 1. The van der Waals surface area contributed by atoms with Crippen molar-refractivity contribution in [2.75, 3.05) is 5.32 Å². The molecule has 0 spiro atoms. The number of aliphatic imine (C=N–C) groups is 1. The number of halogens is 2. The zero-order chi connectivity index (χ0) is 23.4. The lowest BCUT2D eigenvalue weighted by Crippen LogP contribution is -2.35. The lowest BCUT2D eigenvalue weighted by molar-refractivity contribution is 0.429. The molecule has 3 N–H and O–H groups in total. The smallest absolute Gasteiger partial charge is 0.335 e. The van der Waals surface area contributed by atoms with E-state index >= 15 is 0 Å². The number of nitrogens with zero attached hydrogens (tertiary/aromatic N) is 2. The van der Waals surface area contributed by atoms with Gasteiger partial charge in [0.15, 0.2) is 0 Å². The lowest BCUT2D eigenvalue weighted by Gasteiger charge is -2.15. The van der Waals surface area contributed by atoms with Gasteiger partial charge in [-0.15, -0.1) is 0 Å². The lowest BCUT2D eigenvalue weighted by atomic mass is 10.2. The average Bonchev–Trinajstić information content (AvgIpc) is 2.78. The molecular weight excluding hydrogens is 447 g/mol. The number of anilines is 1. The van der Waals surface area contributed by atoms with E-state index in [1.807, 2.05) is 6.07 Å². The number of hydrogen-bond acceptors (Lipinski definition) is 4. The van der Waals surface area contributed by atoms with Gasteiger partial charge in [-0.3, -0.25) is 14.8 Å². The number of amidine groups is 1. The summed E-state index contributed by atoms with van der Waals surface area (Å²) in [6.45, 7) is 0.0160. The molecule has 0 fully saturated rings. The minimum absolute atomic E-state index is 0.00000992. The van der Waals surface area contributed by atoms with Crippen LogP contribution in [0.5, 0.6) is 5.88 Å². The van der Waals surface area contributed by atoms with Gasteiger partial charge in [0.2, 0.25) is 5.88 Å². The Morgan fingerprint density at radius 3 is 2.52 bits per heavy atom. The molecule has 0 saturated heterocycles. The van der Waals surface area contributed by atoms with E-state index in [-0.39, 0.29) is 23.6 Å². The Kier molecular flexibility index (Phi) is 6.37. The van der Waals surface area contributed by atoms with E-state index in [1.54, 1.807) is 54.6 Å². The Morgan fingerprint density at radius 2 is 1.79 bits per heavy atom. The molecule has 0 aliphatic rings. The van der Waals surface area contributed by atoms with Gasteiger partial charge in [0, 0.05) is 10.7 Å². The highest BCUT2D eigenvalue weighted by Gasteiger charge is 2.21. The van der Waals surface area contributed by atoms with Crippen molar-refractivity contribution in [3.63, 3.8) is 0 Å². The molecule has 166 valence electrons. The first-order valence-corrected chi connectivity index (χ1v) is 10.3. The summed E-state index contributed by atoms with van der Waals surface area (Å²) < 4.78 is 14.5. The van der Waals surface area contributed by atoms with Gasteiger partial charge in [-0.05, 0) is 48.0 Å². The SMILES string of the molecule is O=c1[nH]c(=O)n(-c2cccc(Cl)c2)c(O)c1C(=NCc1cccc(F)c1)Nc1ccccc1. The number of rotatable bonds is 5. The van der Waals surface area contributed by atoms with Crippen molar-refractivity contribution in [3.8, 4) is 11.6 Å². The van der Waals surface area contributed by atoms with Crippen molar-refractivity contribution >= 4 is 23.1 Å². The zero-order valence-electron chi connectivity index (χ0n) is 17.1. The van der Waals surface area contributed by atoms with Crippen molar-refractivity contribution in [1.29, 1.82) is 0 Å². The fourth-order valence-corrected chi connectivity index (χ4v) is 3.42. The Bertz CT molecular complexity index is 1450. The van der Waals surface area contributed by atoms with E-state index in [4.69, 9.17) is 11.6 Å². The van der Waals surface area contributed by atoms with Gasteiger partial charge in [-0.2, -0.15) is 0 Å². The van der Waals surface area contributed by atoms with Crippen molar-refractivity contribution in [2.45, 2.75) is 6.54 Å². The molecule has 0 aliphatic carbocycles. The summed E-state index contributed by atoms with van der Waals surface area (Å²) in [6, 6.07) is 21.0. The second kappa shape index (κ2) is 9.54. The maximum atomic E-state index is 13.6. The number of aromatic amines is 1. The van der Waals surface area contributed by atoms with E-state index in [1.165, 1.54) is 18.2 Å². The minimum Gasteiger partial charge on any atom is -0.493 e. The van der Waals surface area contributed by atoms with Gasteiger partial charge >= 0.3 is 5.69 Å². The fraction of sp³-hybridized carbons (Fsp3) is 0.0417. The summed E-state index contributed by atoms with van der Waals surface area (Å²) in [5, 5.41) is 14.4. The number of H-pyrrole nitrogens is 1. The molecule has 0 radical (unpaired) electrons. The summed E-state index contributed by atoms with van der Waals surface area (Å²) in [4.78, 5) is 31.9. The normalized spacial score (nSPS) is 11.4. The largest absolute Gasteiger partial charge is 0.493 e. The molecule has 9 heteroatoms. The van der Waals surface area contributed by atoms with Crippen LogP contribution in [0.4, 0.5) is 10.1 Å². The second-order valence-electron chi connectivity index (χ2n) is 7.06. The summed E-state index contributed by atoms with van der Waals surface area (Å²) in [7, 11) is 0. The Balaban J connectivity index is 1.87. The van der Waals surface area contributed by atoms with E-state index < -0.39 is 22.9 Å². The van der Waals surface area contributed by atoms with Crippen molar-refractivity contribution in [2.24, 2.45) is 4.99 Å². The van der Waals surface area contributed by atoms with Crippen molar-refractivity contribution in [3.05, 3.63) is 122 Å². The molecule has 0 bridgehead atoms. The topological polar surface area (TPSA) is 99.5 Å². The predicted molar refractivity (Wildman–Crippen MR) is 126 cm³/mol. The van der Waals surface area contributed by atoms with E-state index in [0.717, 1.165) is 4.57 Å². The molecule has 4 aromatic rings. The van der Waals surface area contributed by atoms with Crippen LogP contribution in [0.15, 0.2) is 93.4 Å². The molecule has 4 rings (SSSR count). The van der Waals surface area contributed by atoms with Crippen LogP contribution in [0.1, 0.15) is 11.1 Å². The predicted octanol–water partition coefficient (Wildman–Crippen LogP) is 4.08. The van der Waals surface area contributed by atoms with Crippen LogP contribution in [-0.4, -0.2) is 20.5 Å². The van der Waals surface area contributed by atoms with Gasteiger partial charge in [0.25, 0.3) is 5.56 Å². The molecule has 3 aromatic carbocycles. The molecule has 0 atom stereocenters. The van der Waals surface area contributed by atoms with Gasteiger partial charge in [0.1, 0.15) is 17.2 Å². The molecule has 7 nitrogen and oxygen atoms in total. The van der Waals surface area contributed by atoms with Crippen LogP contribution in [0.25, 0.3) is 5.69 Å². The average molecular weight is 465 g/mol. The van der Waals surface area contributed by atoms with Gasteiger partial charge in [-0.25, -0.2) is 13.8 Å². The van der Waals surface area contributed by atoms with E-state index in [2.05, 4.69) is 15.3 Å². The number of aromatic nitrogens is 2. The molecular formula is C24H18ClFN4O3. The standard InChI is InChI=1S/C24H18ClFN4O3/c25-16-7-5-11-19(13-16)30-23(32)20(22(31)29-24(30)33)21(28-18-9-2-1-3-10-18)27-14-15-6-4-8-17(26)12-15/h1-13,32H,14H2,(H,27,28)(H,29,31,33). The van der Waals surface area contributed by atoms with Gasteiger partial charge in [0.05, 0.1) is 12.2 Å². The summed E-state index contributed by atoms with van der Waals surface area (Å²) >= 11 is 6.04. The minimum atomic E-state index is -0.840. The number of benzene rings is 3. The van der Waals surface area contributed by atoms with Crippen LogP contribution in [0.2, 0.25) is 5.02 Å². The first-order valence-electron chi connectivity index (χ1n) is 9.88. The molecule has 0 amide bonds. The zero-order valence-corrected chi connectivity index (χ0v) is 17.9. The van der Waals surface area contributed by atoms with Gasteiger partial charge in [-0.1, -0.05) is 48.0 Å². The van der Waals surface area contributed by atoms with Crippen LogP contribution in [-0.2, 0) is 6.54 Å². The molecule has 1 heterocycles. The van der Waals surface area contributed by atoms with E-state index in [0.29, 0.717) is 16.3 Å². The summed E-state index contributed by atoms with van der Waals surface area (Å²) in [6.07, 6.45) is 0. The second-order valence-corrected chi connectivity index (χ2v) is 7.50. The molecule has 1 aromatic heterocycles. The summed E-state index contributed by atoms with van der Waals surface area (Å²) in [5.41, 5.74) is -0.525. The highest BCUT2D eigenvalue weighted by atomic mass is 35.5. The van der Waals surface area contributed by atoms with Gasteiger partial charge < -0.3 is 10.4 Å². The van der Waals surface area contributed by atoms with E-state index in [9.17, 15) is 19.1 Å². The maximum Gasteiger partial charge on any atom is 0.335 e. The highest BCUT2D eigenvalue weighted by Crippen LogP contribution is 2.21. The summed E-state index contributed by atoms with van der Waals surface area (Å²) in [5.74, 6) is -1.04. The Hall–Kier alpha value is -4.17. The van der Waals surface area contributed by atoms with Crippen LogP contribution < -0.4 is 16.6 Å². The third-order valence-corrected chi connectivity index (χ3v) is 4.97. The number of para-hydroxylation sites is 1. The maximum absolute atomic E-state index is 13.6. The van der Waals surface area contributed by atoms with Crippen molar-refractivity contribution < 1.29 is 9.50 Å². The Morgan fingerprint density at radius 1 is 1.03 bits per heavy atom. The number of hydrogen-bond donors (Lipinski definition) is 3. The van der Waals surface area contributed by atoms with Crippen LogP contribution >= 0.6 is 11.6 Å². The first kappa shape index (κ1) is 22.0. The molecule has 0 unspecified atom stereocenters. The van der Waals surface area contributed by atoms with Crippen LogP contribution in [0, 0.1) is 5.82 Å². The molecule has 0 aliphatic heterocycles.